The summed E-state index contributed by atoms with van der Waals surface area (Å²) in [5, 5.41) is 9.76. The number of rotatable bonds is 6. The summed E-state index contributed by atoms with van der Waals surface area (Å²) in [6.45, 7) is 6.06. The van der Waals surface area contributed by atoms with Crippen LogP contribution in [0.25, 0.3) is 0 Å². The minimum absolute atomic E-state index is 0. The third-order valence-electron chi connectivity index (χ3n) is 5.54. The maximum absolute atomic E-state index is 12.9. The Balaban J connectivity index is 0.00000261. The fourth-order valence-electron chi connectivity index (χ4n) is 4.24. The summed E-state index contributed by atoms with van der Waals surface area (Å²) in [6, 6.07) is 8.27. The largest absolute Gasteiger partial charge is 0.351 e. The molecule has 2 amide bonds. The van der Waals surface area contributed by atoms with Gasteiger partial charge in [0.1, 0.15) is 6.04 Å². The van der Waals surface area contributed by atoms with E-state index in [0.29, 0.717) is 30.0 Å². The zero-order valence-electron chi connectivity index (χ0n) is 16.5. The van der Waals surface area contributed by atoms with Crippen molar-refractivity contribution in [3.05, 3.63) is 35.4 Å². The van der Waals surface area contributed by atoms with Crippen molar-refractivity contribution < 1.29 is 9.59 Å². The zero-order valence-corrected chi connectivity index (χ0v) is 17.3. The summed E-state index contributed by atoms with van der Waals surface area (Å²) >= 11 is 0. The number of hydrogen-bond donors (Lipinski definition) is 3. The summed E-state index contributed by atoms with van der Waals surface area (Å²) < 4.78 is 0. The van der Waals surface area contributed by atoms with Gasteiger partial charge in [-0.3, -0.25) is 9.59 Å². The highest BCUT2D eigenvalue weighted by molar-refractivity contribution is 5.98. The van der Waals surface area contributed by atoms with E-state index in [1.54, 1.807) is 6.07 Å². The van der Waals surface area contributed by atoms with Crippen LogP contribution in [-0.4, -0.2) is 36.0 Å². The molecule has 0 radical (unpaired) electrons. The van der Waals surface area contributed by atoms with Crippen molar-refractivity contribution in [2.24, 2.45) is 5.92 Å². The standard InChI is InChI=1S/C21H31N3O2.ClH/c1-13(2)10-19(24-20(25)18-7-5-4-6-14(18)3)21(26)23-17-11-15-8-9-16(12-17)22-15;/h4-7,13,15-17,19,22H,8-12H2,1-3H3,(H,23,26)(H,24,25);1H. The Kier molecular flexibility index (Phi) is 7.68. The molecule has 2 fully saturated rings. The summed E-state index contributed by atoms with van der Waals surface area (Å²) in [6.07, 6.45) is 5.03. The van der Waals surface area contributed by atoms with Crippen molar-refractivity contribution in [1.82, 2.24) is 16.0 Å². The molecule has 0 aromatic heterocycles. The van der Waals surface area contributed by atoms with Crippen molar-refractivity contribution in [3.63, 3.8) is 0 Å². The van der Waals surface area contributed by atoms with Crippen LogP contribution in [0.5, 0.6) is 0 Å². The second kappa shape index (κ2) is 9.56. The molecule has 1 aromatic carbocycles. The van der Waals surface area contributed by atoms with E-state index in [9.17, 15) is 9.59 Å². The highest BCUT2D eigenvalue weighted by Crippen LogP contribution is 2.26. The van der Waals surface area contributed by atoms with Gasteiger partial charge in [0, 0.05) is 23.7 Å². The lowest BCUT2D eigenvalue weighted by Gasteiger charge is -2.31. The van der Waals surface area contributed by atoms with Gasteiger partial charge >= 0.3 is 0 Å². The van der Waals surface area contributed by atoms with Crippen LogP contribution in [0.3, 0.4) is 0 Å². The molecule has 2 saturated heterocycles. The number of halogens is 1. The summed E-state index contributed by atoms with van der Waals surface area (Å²) in [5.41, 5.74) is 1.55. The number of piperidine rings is 1. The molecule has 6 heteroatoms. The van der Waals surface area contributed by atoms with Gasteiger partial charge in [-0.05, 0) is 56.6 Å². The van der Waals surface area contributed by atoms with Crippen molar-refractivity contribution in [2.45, 2.75) is 77.0 Å². The lowest BCUT2D eigenvalue weighted by atomic mass is 9.97. The van der Waals surface area contributed by atoms with Crippen LogP contribution < -0.4 is 16.0 Å². The third-order valence-corrected chi connectivity index (χ3v) is 5.54. The average molecular weight is 394 g/mol. The van der Waals surface area contributed by atoms with Gasteiger partial charge in [0.15, 0.2) is 0 Å². The van der Waals surface area contributed by atoms with E-state index in [1.807, 2.05) is 25.1 Å². The monoisotopic (exact) mass is 393 g/mol. The Morgan fingerprint density at radius 2 is 1.78 bits per heavy atom. The van der Waals surface area contributed by atoms with Crippen LogP contribution in [0.15, 0.2) is 24.3 Å². The maximum atomic E-state index is 12.9. The number of fused-ring (bicyclic) bond motifs is 2. The van der Waals surface area contributed by atoms with E-state index in [1.165, 1.54) is 12.8 Å². The predicted molar refractivity (Wildman–Crippen MR) is 110 cm³/mol. The van der Waals surface area contributed by atoms with Gasteiger partial charge in [0.25, 0.3) is 5.91 Å². The minimum Gasteiger partial charge on any atom is -0.351 e. The molecule has 2 heterocycles. The molecule has 2 bridgehead atoms. The summed E-state index contributed by atoms with van der Waals surface area (Å²) in [5.74, 6) is 0.105. The first-order chi connectivity index (χ1) is 12.4. The van der Waals surface area contributed by atoms with E-state index >= 15 is 0 Å². The van der Waals surface area contributed by atoms with Gasteiger partial charge in [-0.2, -0.15) is 0 Å². The Morgan fingerprint density at radius 1 is 1.15 bits per heavy atom. The third kappa shape index (κ3) is 5.69. The summed E-state index contributed by atoms with van der Waals surface area (Å²) in [7, 11) is 0. The van der Waals surface area contributed by atoms with Crippen molar-refractivity contribution in [1.29, 1.82) is 0 Å². The van der Waals surface area contributed by atoms with Crippen molar-refractivity contribution in [2.75, 3.05) is 0 Å². The average Bonchev–Trinajstić information content (AvgIpc) is 2.92. The molecule has 0 spiro atoms. The smallest absolute Gasteiger partial charge is 0.252 e. The first-order valence-corrected chi connectivity index (χ1v) is 9.85. The van der Waals surface area contributed by atoms with Crippen LogP contribution in [0.2, 0.25) is 0 Å². The number of amides is 2. The van der Waals surface area contributed by atoms with Crippen LogP contribution in [-0.2, 0) is 4.79 Å². The Hall–Kier alpha value is -1.59. The van der Waals surface area contributed by atoms with Gasteiger partial charge in [0.2, 0.25) is 5.91 Å². The van der Waals surface area contributed by atoms with Gasteiger partial charge < -0.3 is 16.0 Å². The minimum atomic E-state index is -0.491. The first-order valence-electron chi connectivity index (χ1n) is 9.85. The number of nitrogens with one attached hydrogen (secondary N) is 3. The second-order valence-electron chi connectivity index (χ2n) is 8.29. The number of hydrogen-bond acceptors (Lipinski definition) is 3. The molecule has 3 unspecified atom stereocenters. The second-order valence-corrected chi connectivity index (χ2v) is 8.29. The molecule has 0 saturated carbocycles. The van der Waals surface area contributed by atoms with Crippen molar-refractivity contribution in [3.8, 4) is 0 Å². The summed E-state index contributed by atoms with van der Waals surface area (Å²) in [4.78, 5) is 25.6. The highest BCUT2D eigenvalue weighted by Gasteiger charge is 2.35. The zero-order chi connectivity index (χ0) is 18.7. The molecule has 2 aliphatic heterocycles. The molecule has 2 aliphatic rings. The maximum Gasteiger partial charge on any atom is 0.252 e. The van der Waals surface area contributed by atoms with E-state index in [-0.39, 0.29) is 30.3 Å². The molecule has 150 valence electrons. The molecule has 3 rings (SSSR count). The SMILES string of the molecule is Cc1ccccc1C(=O)NC(CC(C)C)C(=O)NC1CC2CCC(C1)N2.Cl. The Morgan fingerprint density at radius 3 is 2.37 bits per heavy atom. The van der Waals surface area contributed by atoms with Gasteiger partial charge in [0.05, 0.1) is 0 Å². The Bertz CT molecular complexity index is 653. The van der Waals surface area contributed by atoms with E-state index in [2.05, 4.69) is 29.8 Å². The molecule has 0 aliphatic carbocycles. The molecular weight excluding hydrogens is 362 g/mol. The van der Waals surface area contributed by atoms with Crippen LogP contribution >= 0.6 is 12.4 Å². The van der Waals surface area contributed by atoms with E-state index in [4.69, 9.17) is 0 Å². The molecule has 27 heavy (non-hydrogen) atoms. The molecule has 5 nitrogen and oxygen atoms in total. The number of carbonyl (C=O) groups is 2. The predicted octanol–water partition coefficient (Wildman–Crippen LogP) is 2.96. The Labute approximate surface area is 168 Å². The van der Waals surface area contributed by atoms with Gasteiger partial charge in [-0.15, -0.1) is 12.4 Å². The molecule has 1 aromatic rings. The van der Waals surface area contributed by atoms with E-state index in [0.717, 1.165) is 18.4 Å². The van der Waals surface area contributed by atoms with E-state index < -0.39 is 6.04 Å². The molecular formula is C21H32ClN3O2. The number of carbonyl (C=O) groups excluding carboxylic acids is 2. The number of benzene rings is 1. The fourth-order valence-corrected chi connectivity index (χ4v) is 4.24. The van der Waals surface area contributed by atoms with Gasteiger partial charge in [-0.1, -0.05) is 32.0 Å². The molecule has 3 N–H and O–H groups in total. The topological polar surface area (TPSA) is 70.2 Å². The lowest BCUT2D eigenvalue weighted by Crippen LogP contribution is -2.54. The van der Waals surface area contributed by atoms with Crippen LogP contribution in [0.4, 0.5) is 0 Å². The molecule has 3 atom stereocenters. The van der Waals surface area contributed by atoms with Gasteiger partial charge in [-0.25, -0.2) is 0 Å². The normalized spacial score (nSPS) is 24.8. The van der Waals surface area contributed by atoms with Crippen molar-refractivity contribution >= 4 is 24.2 Å². The fraction of sp³-hybridized carbons (Fsp3) is 0.619. The highest BCUT2D eigenvalue weighted by atomic mass is 35.5. The lowest BCUT2D eigenvalue weighted by molar-refractivity contribution is -0.124. The van der Waals surface area contributed by atoms with Crippen LogP contribution in [0.1, 0.15) is 61.9 Å². The quantitative estimate of drug-likeness (QED) is 0.695. The van der Waals surface area contributed by atoms with Crippen LogP contribution in [0, 0.1) is 12.8 Å². The number of aryl methyl sites for hydroxylation is 1. The first kappa shape index (κ1) is 21.7.